The summed E-state index contributed by atoms with van der Waals surface area (Å²) in [5.41, 5.74) is 10.3. The van der Waals surface area contributed by atoms with Crippen LogP contribution in [0.1, 0.15) is 37.3 Å². The summed E-state index contributed by atoms with van der Waals surface area (Å²) >= 11 is 6.18. The lowest BCUT2D eigenvalue weighted by molar-refractivity contribution is -0.0445. The third kappa shape index (κ3) is 2.78. The van der Waals surface area contributed by atoms with Crippen LogP contribution in [0.3, 0.4) is 0 Å². The Morgan fingerprint density at radius 1 is 1.24 bits per heavy atom. The Hall–Kier alpha value is -2.11. The molecule has 0 bridgehead atoms. The Labute approximate surface area is 176 Å². The molecule has 0 radical (unpaired) electrons. The Morgan fingerprint density at radius 3 is 2.79 bits per heavy atom. The van der Waals surface area contributed by atoms with Crippen LogP contribution < -0.4 is 5.73 Å². The Balaban J connectivity index is 1.62. The highest BCUT2D eigenvalue weighted by Crippen LogP contribution is 2.62. The standard InChI is InChI=1S/C23H26ClN3O2/c1-14-9-22(6-5-20(14)28-2)10-16-4-3-15(17-7-18(24)12-26-11-17)8-19(16)23(22)13-29-21(25)27-23/h3-4,7-8,11-12,14,20H,5-6,9-10,13H2,1-2H3,(H2,25,27)/t14-,20-,22-,23?/m1/s1. The normalized spacial score (nSPS) is 33.0. The second-order valence-electron chi connectivity index (χ2n) is 8.81. The lowest BCUT2D eigenvalue weighted by Gasteiger charge is -2.47. The van der Waals surface area contributed by atoms with E-state index in [-0.39, 0.29) is 5.41 Å². The highest BCUT2D eigenvalue weighted by Gasteiger charge is 2.62. The minimum absolute atomic E-state index is 0.0100. The van der Waals surface area contributed by atoms with E-state index in [1.807, 2.05) is 19.4 Å². The van der Waals surface area contributed by atoms with E-state index in [1.165, 1.54) is 11.1 Å². The van der Waals surface area contributed by atoms with Gasteiger partial charge in [-0.3, -0.25) is 4.98 Å². The number of halogens is 1. The quantitative estimate of drug-likeness (QED) is 0.798. The fourth-order valence-corrected chi connectivity index (χ4v) is 6.12. The minimum Gasteiger partial charge on any atom is -0.462 e. The Bertz CT molecular complexity index is 994. The van der Waals surface area contributed by atoms with Gasteiger partial charge in [0.1, 0.15) is 12.1 Å². The van der Waals surface area contributed by atoms with E-state index in [4.69, 9.17) is 31.8 Å². The smallest absolute Gasteiger partial charge is 0.283 e. The maximum Gasteiger partial charge on any atom is 0.283 e. The lowest BCUT2D eigenvalue weighted by atomic mass is 9.59. The van der Waals surface area contributed by atoms with Crippen molar-refractivity contribution in [2.45, 2.75) is 44.2 Å². The molecule has 5 nitrogen and oxygen atoms in total. The molecule has 2 heterocycles. The van der Waals surface area contributed by atoms with Crippen LogP contribution in [0.2, 0.25) is 5.02 Å². The molecule has 3 aliphatic rings. The third-order valence-corrected chi connectivity index (χ3v) is 7.49. The first-order valence-corrected chi connectivity index (χ1v) is 10.6. The van der Waals surface area contributed by atoms with Crippen LogP contribution in [0.4, 0.5) is 0 Å². The zero-order valence-corrected chi connectivity index (χ0v) is 17.6. The minimum atomic E-state index is -0.429. The lowest BCUT2D eigenvalue weighted by Crippen LogP contribution is -2.48. The van der Waals surface area contributed by atoms with Gasteiger partial charge >= 0.3 is 0 Å². The zero-order chi connectivity index (χ0) is 20.2. The number of nitrogens with zero attached hydrogens (tertiary/aromatic N) is 2. The summed E-state index contributed by atoms with van der Waals surface area (Å²) in [6, 6.07) is 8.89. The predicted octanol–water partition coefficient (Wildman–Crippen LogP) is 4.32. The van der Waals surface area contributed by atoms with E-state index < -0.39 is 5.54 Å². The highest BCUT2D eigenvalue weighted by molar-refractivity contribution is 6.30. The van der Waals surface area contributed by atoms with Crippen molar-refractivity contribution in [3.8, 4) is 11.1 Å². The van der Waals surface area contributed by atoms with E-state index in [1.54, 1.807) is 6.20 Å². The van der Waals surface area contributed by atoms with Gasteiger partial charge in [-0.05, 0) is 60.4 Å². The number of hydrogen-bond donors (Lipinski definition) is 1. The van der Waals surface area contributed by atoms with Crippen LogP contribution in [-0.2, 0) is 21.4 Å². The van der Waals surface area contributed by atoms with Crippen molar-refractivity contribution in [1.29, 1.82) is 0 Å². The van der Waals surface area contributed by atoms with E-state index in [9.17, 15) is 0 Å². The molecule has 4 atom stereocenters. The number of nitrogens with two attached hydrogens (primary N) is 1. The van der Waals surface area contributed by atoms with Gasteiger partial charge in [0.25, 0.3) is 6.02 Å². The second kappa shape index (κ2) is 6.71. The maximum atomic E-state index is 6.18. The molecule has 2 aliphatic carbocycles. The van der Waals surface area contributed by atoms with Gasteiger partial charge in [0.15, 0.2) is 0 Å². The van der Waals surface area contributed by atoms with Gasteiger partial charge in [-0.2, -0.15) is 0 Å². The van der Waals surface area contributed by atoms with E-state index in [2.05, 4.69) is 30.1 Å². The number of rotatable bonds is 2. The van der Waals surface area contributed by atoms with Gasteiger partial charge in [-0.25, -0.2) is 4.99 Å². The molecule has 6 heteroatoms. The molecule has 1 unspecified atom stereocenters. The fourth-order valence-electron chi connectivity index (χ4n) is 5.94. The van der Waals surface area contributed by atoms with Crippen molar-refractivity contribution in [3.05, 3.63) is 52.8 Å². The van der Waals surface area contributed by atoms with E-state index in [0.717, 1.165) is 36.8 Å². The topological polar surface area (TPSA) is 69.7 Å². The van der Waals surface area contributed by atoms with Crippen LogP contribution in [0.15, 0.2) is 41.7 Å². The second-order valence-corrected chi connectivity index (χ2v) is 9.25. The van der Waals surface area contributed by atoms with Crippen molar-refractivity contribution in [3.63, 3.8) is 0 Å². The molecule has 0 amide bonds. The van der Waals surface area contributed by atoms with E-state index >= 15 is 0 Å². The fraction of sp³-hybridized carbons (Fsp3) is 0.478. The summed E-state index contributed by atoms with van der Waals surface area (Å²) in [6.45, 7) is 2.80. The van der Waals surface area contributed by atoms with Crippen LogP contribution in [0, 0.1) is 11.3 Å². The molecule has 29 heavy (non-hydrogen) atoms. The van der Waals surface area contributed by atoms with Crippen molar-refractivity contribution in [2.24, 2.45) is 22.1 Å². The summed E-state index contributed by atoms with van der Waals surface area (Å²) in [4.78, 5) is 9.21. The first kappa shape index (κ1) is 18.9. The molecule has 1 saturated carbocycles. The van der Waals surface area contributed by atoms with Crippen molar-refractivity contribution < 1.29 is 9.47 Å². The number of aliphatic imine (C=N–C) groups is 1. The molecule has 1 aromatic heterocycles. The average Bonchev–Trinajstić information content (AvgIpc) is 3.21. The number of benzene rings is 1. The number of aromatic nitrogens is 1. The number of ether oxygens (including phenoxy) is 2. The van der Waals surface area contributed by atoms with Crippen LogP contribution >= 0.6 is 11.6 Å². The Morgan fingerprint density at radius 2 is 2.10 bits per heavy atom. The van der Waals surface area contributed by atoms with Crippen molar-refractivity contribution >= 4 is 17.6 Å². The van der Waals surface area contributed by atoms with Gasteiger partial charge in [0.2, 0.25) is 0 Å². The molecule has 1 fully saturated rings. The van der Waals surface area contributed by atoms with Gasteiger partial charge in [-0.15, -0.1) is 0 Å². The molecule has 0 saturated heterocycles. The molecule has 2 spiro atoms. The van der Waals surface area contributed by atoms with E-state index in [0.29, 0.717) is 29.7 Å². The summed E-state index contributed by atoms with van der Waals surface area (Å²) < 4.78 is 11.5. The van der Waals surface area contributed by atoms with Crippen molar-refractivity contribution in [2.75, 3.05) is 13.7 Å². The molecule has 5 rings (SSSR count). The van der Waals surface area contributed by atoms with Gasteiger partial charge < -0.3 is 15.2 Å². The van der Waals surface area contributed by atoms with Crippen LogP contribution in [-0.4, -0.2) is 30.8 Å². The summed E-state index contributed by atoms with van der Waals surface area (Å²) in [5, 5.41) is 0.632. The first-order valence-electron chi connectivity index (χ1n) is 10.2. The summed E-state index contributed by atoms with van der Waals surface area (Å²) in [6.07, 6.45) is 7.94. The number of methoxy groups -OCH3 is 1. The molecular formula is C23H26ClN3O2. The molecule has 2 aromatic rings. The zero-order valence-electron chi connectivity index (χ0n) is 16.8. The summed E-state index contributed by atoms with van der Waals surface area (Å²) in [7, 11) is 1.82. The largest absolute Gasteiger partial charge is 0.462 e. The predicted molar refractivity (Wildman–Crippen MR) is 114 cm³/mol. The third-order valence-electron chi connectivity index (χ3n) is 7.29. The van der Waals surface area contributed by atoms with Crippen molar-refractivity contribution in [1.82, 2.24) is 4.98 Å². The Kier molecular flexibility index (Phi) is 4.37. The van der Waals surface area contributed by atoms with Gasteiger partial charge in [0, 0.05) is 30.5 Å². The number of hydrogen-bond acceptors (Lipinski definition) is 5. The molecule has 1 aromatic carbocycles. The summed E-state index contributed by atoms with van der Waals surface area (Å²) in [5.74, 6) is 0.466. The first-order chi connectivity index (χ1) is 14.0. The molecular weight excluding hydrogens is 386 g/mol. The van der Waals surface area contributed by atoms with Gasteiger partial charge in [0.05, 0.1) is 11.1 Å². The number of pyridine rings is 1. The van der Waals surface area contributed by atoms with Crippen LogP contribution in [0.25, 0.3) is 11.1 Å². The molecule has 1 aliphatic heterocycles. The number of fused-ring (bicyclic) bond motifs is 3. The monoisotopic (exact) mass is 411 g/mol. The molecule has 2 N–H and O–H groups in total. The SMILES string of the molecule is CO[C@@H]1CC[C@]2(Cc3ccc(-c4cncc(Cl)c4)cc3C23COC(N)=N3)C[C@H]1C. The maximum absolute atomic E-state index is 6.18. The van der Waals surface area contributed by atoms with Gasteiger partial charge in [-0.1, -0.05) is 30.7 Å². The number of amidine groups is 1. The molecule has 152 valence electrons. The highest BCUT2D eigenvalue weighted by atomic mass is 35.5. The average molecular weight is 412 g/mol. The van der Waals surface area contributed by atoms with Crippen LogP contribution in [0.5, 0.6) is 0 Å².